The Balaban J connectivity index is 1.80. The molecule has 2 aromatic carbocycles. The molecule has 9 nitrogen and oxygen atoms in total. The Kier molecular flexibility index (Phi) is 4.61. The molecule has 132 valence electrons. The van der Waals surface area contributed by atoms with Crippen molar-refractivity contribution in [2.45, 2.75) is 6.54 Å². The molecule has 0 fully saturated rings. The minimum Gasteiger partial charge on any atom is -0.497 e. The first kappa shape index (κ1) is 17.1. The topological polar surface area (TPSA) is 116 Å². The first-order valence-electron chi connectivity index (χ1n) is 7.55. The zero-order valence-electron chi connectivity index (χ0n) is 13.7. The van der Waals surface area contributed by atoms with E-state index in [1.165, 1.54) is 24.5 Å². The third-order valence-electron chi connectivity index (χ3n) is 3.71. The second-order valence-electron chi connectivity index (χ2n) is 5.41. The summed E-state index contributed by atoms with van der Waals surface area (Å²) in [5, 5.41) is 13.7. The number of methoxy groups -OCH3 is 1. The smallest absolute Gasteiger partial charge is 0.271 e. The Hall–Kier alpha value is -3.75. The molecule has 9 heteroatoms. The number of hydrogen-bond donors (Lipinski definition) is 1. The number of ether oxygens (including phenoxy) is 1. The van der Waals surface area contributed by atoms with Crippen molar-refractivity contribution in [3.8, 4) is 5.75 Å². The molecule has 26 heavy (non-hydrogen) atoms. The lowest BCUT2D eigenvalue weighted by molar-refractivity contribution is -0.384. The molecule has 1 N–H and O–H groups in total. The zero-order chi connectivity index (χ0) is 18.7. The van der Waals surface area contributed by atoms with Gasteiger partial charge >= 0.3 is 0 Å². The number of aromatic nitrogens is 2. The number of nitrogens with one attached hydrogen (secondary N) is 1. The van der Waals surface area contributed by atoms with Crippen LogP contribution in [0.25, 0.3) is 10.9 Å². The van der Waals surface area contributed by atoms with Crippen molar-refractivity contribution in [1.82, 2.24) is 9.55 Å². The molecule has 1 aromatic heterocycles. The average molecular weight is 354 g/mol. The summed E-state index contributed by atoms with van der Waals surface area (Å²) in [5.41, 5.74) is 0.165. The van der Waals surface area contributed by atoms with Gasteiger partial charge in [0.2, 0.25) is 5.91 Å². The van der Waals surface area contributed by atoms with Crippen molar-refractivity contribution >= 4 is 28.2 Å². The number of nitro benzene ring substituents is 1. The van der Waals surface area contributed by atoms with E-state index in [2.05, 4.69) is 10.3 Å². The van der Waals surface area contributed by atoms with E-state index in [-0.39, 0.29) is 23.1 Å². The number of fused-ring (bicyclic) bond motifs is 1. The maximum atomic E-state index is 12.4. The minimum absolute atomic E-state index is 0.153. The van der Waals surface area contributed by atoms with Crippen LogP contribution in [0.15, 0.2) is 53.6 Å². The van der Waals surface area contributed by atoms with Crippen molar-refractivity contribution in [2.75, 3.05) is 12.4 Å². The third-order valence-corrected chi connectivity index (χ3v) is 3.71. The van der Waals surface area contributed by atoms with Gasteiger partial charge in [-0.05, 0) is 30.3 Å². The summed E-state index contributed by atoms with van der Waals surface area (Å²) in [7, 11) is 1.54. The van der Waals surface area contributed by atoms with Crippen LogP contribution in [-0.4, -0.2) is 27.5 Å². The van der Waals surface area contributed by atoms with Gasteiger partial charge in [-0.15, -0.1) is 0 Å². The number of rotatable bonds is 5. The largest absolute Gasteiger partial charge is 0.497 e. The lowest BCUT2D eigenvalue weighted by Crippen LogP contribution is -2.27. The summed E-state index contributed by atoms with van der Waals surface area (Å²) in [4.78, 5) is 38.8. The van der Waals surface area contributed by atoms with Crippen molar-refractivity contribution < 1.29 is 14.5 Å². The quantitative estimate of drug-likeness (QED) is 0.553. The van der Waals surface area contributed by atoms with Crippen LogP contribution >= 0.6 is 0 Å². The molecule has 0 aliphatic heterocycles. The molecule has 1 amide bonds. The molecule has 0 saturated heterocycles. The van der Waals surface area contributed by atoms with Crippen LogP contribution in [0.5, 0.6) is 5.75 Å². The van der Waals surface area contributed by atoms with Crippen LogP contribution in [0.4, 0.5) is 11.4 Å². The highest BCUT2D eigenvalue weighted by atomic mass is 16.6. The number of hydrogen-bond acceptors (Lipinski definition) is 6. The number of amides is 1. The van der Waals surface area contributed by atoms with Crippen LogP contribution in [0.1, 0.15) is 0 Å². The van der Waals surface area contributed by atoms with Crippen LogP contribution in [-0.2, 0) is 11.3 Å². The molecule has 3 aromatic rings. The number of carbonyl (C=O) groups is 1. The van der Waals surface area contributed by atoms with Crippen molar-refractivity contribution in [3.05, 3.63) is 69.3 Å². The highest BCUT2D eigenvalue weighted by molar-refractivity contribution is 5.90. The molecule has 0 aliphatic carbocycles. The van der Waals surface area contributed by atoms with E-state index in [0.717, 1.165) is 4.57 Å². The number of non-ortho nitro benzene ring substituents is 1. The van der Waals surface area contributed by atoms with Gasteiger partial charge in [-0.1, -0.05) is 0 Å². The monoisotopic (exact) mass is 354 g/mol. The third kappa shape index (κ3) is 3.51. The second-order valence-corrected chi connectivity index (χ2v) is 5.41. The van der Waals surface area contributed by atoms with Gasteiger partial charge in [0.15, 0.2) is 0 Å². The van der Waals surface area contributed by atoms with E-state index in [0.29, 0.717) is 11.4 Å². The van der Waals surface area contributed by atoms with Crippen molar-refractivity contribution in [3.63, 3.8) is 0 Å². The second kappa shape index (κ2) is 7.01. The fourth-order valence-electron chi connectivity index (χ4n) is 2.40. The molecule has 0 saturated carbocycles. The SMILES string of the molecule is COc1ccc(NC(=O)Cn2cnc3cc([N+](=O)[O-])ccc3c2=O)cc1. The van der Waals surface area contributed by atoms with Gasteiger partial charge in [0.1, 0.15) is 12.3 Å². The fourth-order valence-corrected chi connectivity index (χ4v) is 2.40. The van der Waals surface area contributed by atoms with E-state index in [1.807, 2.05) is 0 Å². The average Bonchev–Trinajstić information content (AvgIpc) is 2.64. The number of carbonyl (C=O) groups excluding carboxylic acids is 1. The molecule has 0 spiro atoms. The molecule has 0 bridgehead atoms. The number of nitrogens with zero attached hydrogens (tertiary/aromatic N) is 3. The van der Waals surface area contributed by atoms with Gasteiger partial charge in [-0.2, -0.15) is 0 Å². The molecule has 0 atom stereocenters. The van der Waals surface area contributed by atoms with Crippen LogP contribution in [0, 0.1) is 10.1 Å². The van der Waals surface area contributed by atoms with E-state index < -0.39 is 16.4 Å². The summed E-state index contributed by atoms with van der Waals surface area (Å²) in [6, 6.07) is 10.5. The fraction of sp³-hybridized carbons (Fsp3) is 0.118. The Labute approximate surface area is 147 Å². The Bertz CT molecular complexity index is 1040. The van der Waals surface area contributed by atoms with Gasteiger partial charge in [0, 0.05) is 17.8 Å². The Morgan fingerprint density at radius 2 is 2.00 bits per heavy atom. The van der Waals surface area contributed by atoms with E-state index >= 15 is 0 Å². The van der Waals surface area contributed by atoms with E-state index in [4.69, 9.17) is 4.74 Å². The number of anilines is 1. The summed E-state index contributed by atoms with van der Waals surface area (Å²) in [6.45, 7) is -0.231. The Morgan fingerprint density at radius 1 is 1.27 bits per heavy atom. The predicted octanol–water partition coefficient (Wildman–Crippen LogP) is 1.95. The molecule has 3 rings (SSSR count). The van der Waals surface area contributed by atoms with Gasteiger partial charge in [0.05, 0.1) is 29.3 Å². The number of nitro groups is 1. The van der Waals surface area contributed by atoms with Crippen molar-refractivity contribution in [1.29, 1.82) is 0 Å². The van der Waals surface area contributed by atoms with Crippen molar-refractivity contribution in [2.24, 2.45) is 0 Å². The van der Waals surface area contributed by atoms with Crippen LogP contribution in [0.2, 0.25) is 0 Å². The predicted molar refractivity (Wildman–Crippen MR) is 94.3 cm³/mol. The van der Waals surface area contributed by atoms with Gasteiger partial charge in [0.25, 0.3) is 11.2 Å². The maximum absolute atomic E-state index is 12.4. The molecule has 0 unspecified atom stereocenters. The first-order valence-corrected chi connectivity index (χ1v) is 7.55. The standard InChI is InChI=1S/C17H14N4O5/c1-26-13-5-2-11(3-6-13)19-16(22)9-20-10-18-15-8-12(21(24)25)4-7-14(15)17(20)23/h2-8,10H,9H2,1H3,(H,19,22). The molecule has 0 aliphatic rings. The molecule has 1 heterocycles. The van der Waals surface area contributed by atoms with Gasteiger partial charge in [-0.25, -0.2) is 4.98 Å². The number of benzene rings is 2. The van der Waals surface area contributed by atoms with E-state index in [1.54, 1.807) is 31.4 Å². The van der Waals surface area contributed by atoms with Crippen LogP contribution in [0.3, 0.4) is 0 Å². The maximum Gasteiger partial charge on any atom is 0.271 e. The molecule has 0 radical (unpaired) electrons. The Morgan fingerprint density at radius 3 is 2.65 bits per heavy atom. The highest BCUT2D eigenvalue weighted by Crippen LogP contribution is 2.17. The summed E-state index contributed by atoms with van der Waals surface area (Å²) >= 11 is 0. The summed E-state index contributed by atoms with van der Waals surface area (Å²) in [5.74, 6) is 0.257. The minimum atomic E-state index is -0.561. The first-order chi connectivity index (χ1) is 12.5. The zero-order valence-corrected chi connectivity index (χ0v) is 13.7. The molecular weight excluding hydrogens is 340 g/mol. The van der Waals surface area contributed by atoms with E-state index in [9.17, 15) is 19.7 Å². The lowest BCUT2D eigenvalue weighted by Gasteiger charge is -2.08. The van der Waals surface area contributed by atoms with Crippen LogP contribution < -0.4 is 15.6 Å². The lowest BCUT2D eigenvalue weighted by atomic mass is 10.2. The summed E-state index contributed by atoms with van der Waals surface area (Å²) < 4.78 is 6.19. The summed E-state index contributed by atoms with van der Waals surface area (Å²) in [6.07, 6.45) is 1.20. The molecular formula is C17H14N4O5. The normalized spacial score (nSPS) is 10.5. The van der Waals surface area contributed by atoms with Gasteiger partial charge in [-0.3, -0.25) is 24.3 Å². The highest BCUT2D eigenvalue weighted by Gasteiger charge is 2.12. The van der Waals surface area contributed by atoms with Gasteiger partial charge < -0.3 is 10.1 Å².